The first-order valence-corrected chi connectivity index (χ1v) is 6.70. The van der Waals surface area contributed by atoms with Crippen molar-refractivity contribution in [2.75, 3.05) is 20.2 Å². The molecule has 0 bridgehead atoms. The van der Waals surface area contributed by atoms with Crippen LogP contribution in [0.25, 0.3) is 11.0 Å². The van der Waals surface area contributed by atoms with E-state index in [0.29, 0.717) is 0 Å². The summed E-state index contributed by atoms with van der Waals surface area (Å²) >= 11 is 0. The number of piperidine rings is 1. The van der Waals surface area contributed by atoms with Gasteiger partial charge in [-0.15, -0.1) is 0 Å². The van der Waals surface area contributed by atoms with Crippen molar-refractivity contribution in [2.45, 2.75) is 25.1 Å². The van der Waals surface area contributed by atoms with Gasteiger partial charge in [-0.3, -0.25) is 4.90 Å². The number of aromatic nitrogens is 2. The van der Waals surface area contributed by atoms with E-state index < -0.39 is 0 Å². The summed E-state index contributed by atoms with van der Waals surface area (Å²) < 4.78 is 5.43. The fourth-order valence-corrected chi connectivity index (χ4v) is 2.68. The zero-order chi connectivity index (χ0) is 13.2. The number of ether oxygens (including phenoxy) is 1. The highest BCUT2D eigenvalue weighted by Gasteiger charge is 2.26. The summed E-state index contributed by atoms with van der Waals surface area (Å²) in [5.41, 5.74) is 8.15. The van der Waals surface area contributed by atoms with Gasteiger partial charge in [0.25, 0.3) is 0 Å². The molecule has 0 aliphatic carbocycles. The molecule has 5 nitrogen and oxygen atoms in total. The van der Waals surface area contributed by atoms with Gasteiger partial charge in [-0.05, 0) is 18.6 Å². The maximum absolute atomic E-state index is 6.03. The van der Waals surface area contributed by atoms with E-state index >= 15 is 0 Å². The van der Waals surface area contributed by atoms with Crippen molar-refractivity contribution in [1.82, 2.24) is 14.9 Å². The van der Waals surface area contributed by atoms with Crippen LogP contribution in [-0.2, 0) is 11.3 Å². The molecule has 1 fully saturated rings. The van der Waals surface area contributed by atoms with Crippen LogP contribution >= 0.6 is 0 Å². The average molecular weight is 260 g/mol. The number of rotatable bonds is 3. The molecular weight excluding hydrogens is 240 g/mol. The molecule has 1 aromatic carbocycles. The number of nitrogens with two attached hydrogens (primary N) is 1. The molecule has 2 aromatic rings. The van der Waals surface area contributed by atoms with E-state index in [0.717, 1.165) is 42.9 Å². The Labute approximate surface area is 112 Å². The van der Waals surface area contributed by atoms with E-state index in [9.17, 15) is 0 Å². The maximum Gasteiger partial charge on any atom is 0.121 e. The molecule has 0 radical (unpaired) electrons. The lowest BCUT2D eigenvalue weighted by Crippen LogP contribution is -2.51. The first kappa shape index (κ1) is 12.6. The molecule has 1 aliphatic heterocycles. The van der Waals surface area contributed by atoms with Crippen molar-refractivity contribution >= 4 is 11.0 Å². The van der Waals surface area contributed by atoms with Crippen molar-refractivity contribution < 1.29 is 4.74 Å². The summed E-state index contributed by atoms with van der Waals surface area (Å²) in [5, 5.41) is 0. The van der Waals surface area contributed by atoms with Gasteiger partial charge in [0.15, 0.2) is 0 Å². The van der Waals surface area contributed by atoms with E-state index in [4.69, 9.17) is 10.5 Å². The van der Waals surface area contributed by atoms with Gasteiger partial charge in [-0.2, -0.15) is 0 Å². The molecule has 0 saturated carbocycles. The summed E-state index contributed by atoms with van der Waals surface area (Å²) in [6.07, 6.45) is 1.09. The minimum atomic E-state index is 0.123. The molecule has 3 rings (SSSR count). The van der Waals surface area contributed by atoms with Gasteiger partial charge in [0.1, 0.15) is 5.82 Å². The molecule has 0 unspecified atom stereocenters. The van der Waals surface area contributed by atoms with Gasteiger partial charge in [0.05, 0.1) is 23.7 Å². The average Bonchev–Trinajstić information content (AvgIpc) is 2.83. The molecule has 3 N–H and O–H groups in total. The SMILES string of the molecule is CO[C@H]1CN(Cc2nc3ccccc3[nH]2)CC[C@H]1N. The Balaban J connectivity index is 1.71. The van der Waals surface area contributed by atoms with E-state index in [2.05, 4.69) is 20.9 Å². The van der Waals surface area contributed by atoms with Crippen molar-refractivity contribution in [3.8, 4) is 0 Å². The summed E-state index contributed by atoms with van der Waals surface area (Å²) in [6, 6.07) is 8.26. The molecule has 1 aromatic heterocycles. The number of aromatic amines is 1. The van der Waals surface area contributed by atoms with Crippen LogP contribution < -0.4 is 5.73 Å². The highest BCUT2D eigenvalue weighted by molar-refractivity contribution is 5.74. The van der Waals surface area contributed by atoms with E-state index in [1.54, 1.807) is 7.11 Å². The zero-order valence-electron chi connectivity index (χ0n) is 11.2. The lowest BCUT2D eigenvalue weighted by atomic mass is 10.0. The molecular formula is C14H20N4O. The number of nitrogens with one attached hydrogen (secondary N) is 1. The van der Waals surface area contributed by atoms with Crippen LogP contribution in [0.4, 0.5) is 0 Å². The van der Waals surface area contributed by atoms with Crippen LogP contribution in [0, 0.1) is 0 Å². The van der Waals surface area contributed by atoms with Crippen LogP contribution in [0.15, 0.2) is 24.3 Å². The Morgan fingerprint density at radius 2 is 2.32 bits per heavy atom. The third kappa shape index (κ3) is 2.63. The normalized spacial score (nSPS) is 24.9. The lowest BCUT2D eigenvalue weighted by Gasteiger charge is -2.35. The minimum absolute atomic E-state index is 0.123. The first-order chi connectivity index (χ1) is 9.26. The summed E-state index contributed by atoms with van der Waals surface area (Å²) in [7, 11) is 1.73. The number of para-hydroxylation sites is 2. The quantitative estimate of drug-likeness (QED) is 0.867. The molecule has 102 valence electrons. The first-order valence-electron chi connectivity index (χ1n) is 6.70. The number of hydrogen-bond acceptors (Lipinski definition) is 4. The molecule has 5 heteroatoms. The van der Waals surface area contributed by atoms with Crippen LogP contribution in [-0.4, -0.2) is 47.2 Å². The number of methoxy groups -OCH3 is 1. The van der Waals surface area contributed by atoms with Gasteiger partial charge >= 0.3 is 0 Å². The molecule has 1 aliphatic rings. The Bertz CT molecular complexity index is 520. The zero-order valence-corrected chi connectivity index (χ0v) is 11.2. The molecule has 19 heavy (non-hydrogen) atoms. The van der Waals surface area contributed by atoms with Crippen molar-refractivity contribution in [3.63, 3.8) is 0 Å². The lowest BCUT2D eigenvalue weighted by molar-refractivity contribution is 0.0133. The third-order valence-electron chi connectivity index (χ3n) is 3.81. The highest BCUT2D eigenvalue weighted by atomic mass is 16.5. The second-order valence-corrected chi connectivity index (χ2v) is 5.16. The number of H-pyrrole nitrogens is 1. The van der Waals surface area contributed by atoms with Gasteiger partial charge in [-0.25, -0.2) is 4.98 Å². The second kappa shape index (κ2) is 5.28. The van der Waals surface area contributed by atoms with Crippen molar-refractivity contribution in [1.29, 1.82) is 0 Å². The largest absolute Gasteiger partial charge is 0.379 e. The maximum atomic E-state index is 6.03. The molecule has 1 saturated heterocycles. The second-order valence-electron chi connectivity index (χ2n) is 5.16. The standard InChI is InChI=1S/C14H20N4O/c1-19-13-8-18(7-6-10(13)15)9-14-16-11-4-2-3-5-12(11)17-14/h2-5,10,13H,6-9,15H2,1H3,(H,16,17)/t10-,13+/m1/s1. The number of likely N-dealkylation sites (tertiary alicyclic amines) is 1. The minimum Gasteiger partial charge on any atom is -0.379 e. The summed E-state index contributed by atoms with van der Waals surface area (Å²) in [6.45, 7) is 2.69. The van der Waals surface area contributed by atoms with Gasteiger partial charge in [0.2, 0.25) is 0 Å². The van der Waals surface area contributed by atoms with Gasteiger partial charge in [0, 0.05) is 26.2 Å². The smallest absolute Gasteiger partial charge is 0.121 e. The Morgan fingerprint density at radius 3 is 3.11 bits per heavy atom. The van der Waals surface area contributed by atoms with Crippen LogP contribution in [0.1, 0.15) is 12.2 Å². The van der Waals surface area contributed by atoms with Crippen LogP contribution in [0.2, 0.25) is 0 Å². The Hall–Kier alpha value is -1.43. The summed E-state index contributed by atoms with van der Waals surface area (Å²) in [4.78, 5) is 10.3. The number of imidazole rings is 1. The summed E-state index contributed by atoms with van der Waals surface area (Å²) in [5.74, 6) is 1.01. The molecule has 2 atom stereocenters. The fourth-order valence-electron chi connectivity index (χ4n) is 2.68. The van der Waals surface area contributed by atoms with Crippen molar-refractivity contribution in [2.24, 2.45) is 5.73 Å². The third-order valence-corrected chi connectivity index (χ3v) is 3.81. The van der Waals surface area contributed by atoms with Crippen LogP contribution in [0.3, 0.4) is 0 Å². The topological polar surface area (TPSA) is 67.2 Å². The highest BCUT2D eigenvalue weighted by Crippen LogP contribution is 2.16. The number of benzene rings is 1. The Morgan fingerprint density at radius 1 is 1.47 bits per heavy atom. The number of nitrogens with zero attached hydrogens (tertiary/aromatic N) is 2. The van der Waals surface area contributed by atoms with Crippen LogP contribution in [0.5, 0.6) is 0 Å². The van der Waals surface area contributed by atoms with Gasteiger partial charge < -0.3 is 15.5 Å². The molecule has 2 heterocycles. The Kier molecular flexibility index (Phi) is 3.50. The molecule has 0 spiro atoms. The van der Waals surface area contributed by atoms with E-state index in [1.807, 2.05) is 18.2 Å². The van der Waals surface area contributed by atoms with E-state index in [-0.39, 0.29) is 12.1 Å². The predicted octanol–water partition coefficient (Wildman–Crippen LogP) is 1.11. The number of fused-ring (bicyclic) bond motifs is 1. The van der Waals surface area contributed by atoms with Gasteiger partial charge in [-0.1, -0.05) is 12.1 Å². The van der Waals surface area contributed by atoms with Crippen molar-refractivity contribution in [3.05, 3.63) is 30.1 Å². The fraction of sp³-hybridized carbons (Fsp3) is 0.500. The predicted molar refractivity (Wildman–Crippen MR) is 74.8 cm³/mol. The number of hydrogen-bond donors (Lipinski definition) is 2. The monoisotopic (exact) mass is 260 g/mol. The van der Waals surface area contributed by atoms with E-state index in [1.165, 1.54) is 0 Å². The molecule has 0 amide bonds.